The summed E-state index contributed by atoms with van der Waals surface area (Å²) >= 11 is 0. The first-order chi connectivity index (χ1) is 10.2. The Morgan fingerprint density at radius 2 is 2.00 bits per heavy atom. The normalized spacial score (nSPS) is 28.1. The van der Waals surface area contributed by atoms with Crippen molar-refractivity contribution in [3.63, 3.8) is 0 Å². The lowest BCUT2D eigenvalue weighted by Gasteiger charge is -2.44. The van der Waals surface area contributed by atoms with E-state index in [9.17, 15) is 4.39 Å². The number of aryl methyl sites for hydroxylation is 1. The predicted molar refractivity (Wildman–Crippen MR) is 84.6 cm³/mol. The standard InChI is InChI=1S/C18H27FN2/c1-13-6-7-17(19)16(10-13)18(11-20)21-9-8-14-4-2-3-5-15(14)12-21/h6-7,10,14-15,18H,2-5,8-9,11-12,20H2,1H3. The van der Waals surface area contributed by atoms with Gasteiger partial charge >= 0.3 is 0 Å². The summed E-state index contributed by atoms with van der Waals surface area (Å²) in [6, 6.07) is 5.42. The second-order valence-electron chi connectivity index (χ2n) is 6.86. The van der Waals surface area contributed by atoms with Gasteiger partial charge in [0.25, 0.3) is 0 Å². The molecule has 2 N–H and O–H groups in total. The third kappa shape index (κ3) is 3.14. The maximum atomic E-state index is 14.2. The fraction of sp³-hybridized carbons (Fsp3) is 0.667. The van der Waals surface area contributed by atoms with E-state index >= 15 is 0 Å². The molecule has 3 atom stereocenters. The number of piperidine rings is 1. The van der Waals surface area contributed by atoms with Crippen molar-refractivity contribution in [2.24, 2.45) is 17.6 Å². The molecule has 3 heteroatoms. The van der Waals surface area contributed by atoms with Crippen molar-refractivity contribution >= 4 is 0 Å². The molecule has 1 saturated carbocycles. The maximum absolute atomic E-state index is 14.2. The number of rotatable bonds is 3. The zero-order chi connectivity index (χ0) is 14.8. The molecule has 3 rings (SSSR count). The Morgan fingerprint density at radius 1 is 1.24 bits per heavy atom. The molecule has 3 unspecified atom stereocenters. The molecule has 2 nitrogen and oxygen atoms in total. The van der Waals surface area contributed by atoms with Gasteiger partial charge in [0, 0.05) is 24.7 Å². The van der Waals surface area contributed by atoms with Crippen molar-refractivity contribution in [3.8, 4) is 0 Å². The van der Waals surface area contributed by atoms with E-state index in [2.05, 4.69) is 4.90 Å². The van der Waals surface area contributed by atoms with E-state index in [-0.39, 0.29) is 11.9 Å². The highest BCUT2D eigenvalue weighted by atomic mass is 19.1. The maximum Gasteiger partial charge on any atom is 0.128 e. The summed E-state index contributed by atoms with van der Waals surface area (Å²) in [5.41, 5.74) is 7.91. The molecule has 1 aromatic rings. The van der Waals surface area contributed by atoms with Crippen LogP contribution in [-0.4, -0.2) is 24.5 Å². The van der Waals surface area contributed by atoms with Crippen molar-refractivity contribution in [2.75, 3.05) is 19.6 Å². The quantitative estimate of drug-likeness (QED) is 0.921. The molecule has 2 fully saturated rings. The van der Waals surface area contributed by atoms with Crippen LogP contribution in [0.3, 0.4) is 0 Å². The smallest absolute Gasteiger partial charge is 0.128 e. The fourth-order valence-electron chi connectivity index (χ4n) is 4.30. The average Bonchev–Trinajstić information content (AvgIpc) is 2.51. The highest BCUT2D eigenvalue weighted by molar-refractivity contribution is 5.27. The first kappa shape index (κ1) is 15.0. The van der Waals surface area contributed by atoms with E-state index in [4.69, 9.17) is 5.73 Å². The Labute approximate surface area is 127 Å². The van der Waals surface area contributed by atoms with Crippen LogP contribution in [0.15, 0.2) is 18.2 Å². The third-order valence-corrected chi connectivity index (χ3v) is 5.50. The van der Waals surface area contributed by atoms with Gasteiger partial charge in [-0.25, -0.2) is 4.39 Å². The molecule has 0 aromatic heterocycles. The van der Waals surface area contributed by atoms with E-state index < -0.39 is 0 Å². The Balaban J connectivity index is 1.78. The minimum absolute atomic E-state index is 0.0350. The predicted octanol–water partition coefficient (Wildman–Crippen LogP) is 3.65. The lowest BCUT2D eigenvalue weighted by Crippen LogP contribution is -2.45. The van der Waals surface area contributed by atoms with E-state index in [0.717, 1.165) is 36.1 Å². The molecule has 1 aromatic carbocycles. The van der Waals surface area contributed by atoms with Crippen LogP contribution in [0.5, 0.6) is 0 Å². The molecule has 0 radical (unpaired) electrons. The molecule has 0 spiro atoms. The summed E-state index contributed by atoms with van der Waals surface area (Å²) in [5.74, 6) is 1.59. The monoisotopic (exact) mass is 290 g/mol. The highest BCUT2D eigenvalue weighted by Crippen LogP contribution is 2.38. The first-order valence-corrected chi connectivity index (χ1v) is 8.39. The number of hydrogen-bond acceptors (Lipinski definition) is 2. The molecule has 1 saturated heterocycles. The van der Waals surface area contributed by atoms with Crippen LogP contribution < -0.4 is 5.73 Å². The molecular weight excluding hydrogens is 263 g/mol. The van der Waals surface area contributed by atoms with Crippen LogP contribution in [0.4, 0.5) is 4.39 Å². The number of nitrogens with zero attached hydrogens (tertiary/aromatic N) is 1. The van der Waals surface area contributed by atoms with E-state index in [0.29, 0.717) is 6.54 Å². The molecular formula is C18H27FN2. The molecule has 1 aliphatic heterocycles. The molecule has 116 valence electrons. The SMILES string of the molecule is Cc1ccc(F)c(C(CN)N2CCC3CCCCC3C2)c1. The summed E-state index contributed by atoms with van der Waals surface area (Å²) < 4.78 is 14.2. The van der Waals surface area contributed by atoms with Crippen LogP contribution in [0.2, 0.25) is 0 Å². The van der Waals surface area contributed by atoms with Crippen LogP contribution in [-0.2, 0) is 0 Å². The van der Waals surface area contributed by atoms with E-state index in [1.165, 1.54) is 32.1 Å². The average molecular weight is 290 g/mol. The van der Waals surface area contributed by atoms with Gasteiger partial charge in [-0.2, -0.15) is 0 Å². The molecule has 1 heterocycles. The number of benzene rings is 1. The van der Waals surface area contributed by atoms with Gasteiger partial charge in [0.15, 0.2) is 0 Å². The van der Waals surface area contributed by atoms with Gasteiger partial charge in [-0.05, 0) is 44.2 Å². The number of hydrogen-bond donors (Lipinski definition) is 1. The van der Waals surface area contributed by atoms with Crippen LogP contribution in [0, 0.1) is 24.6 Å². The summed E-state index contributed by atoms with van der Waals surface area (Å²) in [4.78, 5) is 2.43. The van der Waals surface area contributed by atoms with E-state index in [1.807, 2.05) is 19.1 Å². The number of likely N-dealkylation sites (tertiary alicyclic amines) is 1. The van der Waals surface area contributed by atoms with Gasteiger partial charge < -0.3 is 5.73 Å². The first-order valence-electron chi connectivity index (χ1n) is 8.39. The van der Waals surface area contributed by atoms with Gasteiger partial charge in [-0.15, -0.1) is 0 Å². The summed E-state index contributed by atoms with van der Waals surface area (Å²) in [6.45, 7) is 4.68. The molecule has 0 amide bonds. The fourth-order valence-corrected chi connectivity index (χ4v) is 4.30. The van der Waals surface area contributed by atoms with Gasteiger partial charge in [0.2, 0.25) is 0 Å². The molecule has 2 aliphatic rings. The Bertz CT molecular complexity index is 488. The lowest BCUT2D eigenvalue weighted by molar-refractivity contribution is 0.0575. The van der Waals surface area contributed by atoms with Crippen molar-refractivity contribution in [3.05, 3.63) is 35.1 Å². The van der Waals surface area contributed by atoms with E-state index in [1.54, 1.807) is 6.07 Å². The third-order valence-electron chi connectivity index (χ3n) is 5.50. The number of nitrogens with two attached hydrogens (primary N) is 1. The molecule has 1 aliphatic carbocycles. The van der Waals surface area contributed by atoms with Gasteiger partial charge in [-0.1, -0.05) is 37.0 Å². The lowest BCUT2D eigenvalue weighted by atomic mass is 9.74. The highest BCUT2D eigenvalue weighted by Gasteiger charge is 2.34. The van der Waals surface area contributed by atoms with Gasteiger partial charge in [0.1, 0.15) is 5.82 Å². The minimum atomic E-state index is -0.109. The Kier molecular flexibility index (Phi) is 4.60. The van der Waals surface area contributed by atoms with Crippen molar-refractivity contribution in [2.45, 2.75) is 45.1 Å². The topological polar surface area (TPSA) is 29.3 Å². The summed E-state index contributed by atoms with van der Waals surface area (Å²) in [7, 11) is 0. The van der Waals surface area contributed by atoms with Crippen molar-refractivity contribution in [1.82, 2.24) is 4.90 Å². The van der Waals surface area contributed by atoms with Crippen LogP contribution in [0.25, 0.3) is 0 Å². The Morgan fingerprint density at radius 3 is 2.76 bits per heavy atom. The molecule has 21 heavy (non-hydrogen) atoms. The van der Waals surface area contributed by atoms with Crippen molar-refractivity contribution < 1.29 is 4.39 Å². The van der Waals surface area contributed by atoms with Crippen LogP contribution >= 0.6 is 0 Å². The van der Waals surface area contributed by atoms with Crippen LogP contribution in [0.1, 0.15) is 49.3 Å². The number of fused-ring (bicyclic) bond motifs is 1. The zero-order valence-electron chi connectivity index (χ0n) is 13.0. The summed E-state index contributed by atoms with van der Waals surface area (Å²) in [6.07, 6.45) is 6.75. The zero-order valence-corrected chi connectivity index (χ0v) is 13.0. The Hall–Kier alpha value is -0.930. The largest absolute Gasteiger partial charge is 0.329 e. The molecule has 0 bridgehead atoms. The van der Waals surface area contributed by atoms with Crippen molar-refractivity contribution in [1.29, 1.82) is 0 Å². The summed E-state index contributed by atoms with van der Waals surface area (Å²) in [5, 5.41) is 0. The second-order valence-corrected chi connectivity index (χ2v) is 6.86. The van der Waals surface area contributed by atoms with Gasteiger partial charge in [0.05, 0.1) is 0 Å². The second kappa shape index (κ2) is 6.45. The number of halogens is 1. The minimum Gasteiger partial charge on any atom is -0.329 e. The van der Waals surface area contributed by atoms with Gasteiger partial charge in [-0.3, -0.25) is 4.90 Å².